The number of carbonyl (C=O) groups excluding carboxylic acids is 1. The Morgan fingerprint density at radius 2 is 1.78 bits per heavy atom. The summed E-state index contributed by atoms with van der Waals surface area (Å²) in [7, 11) is 0. The molecule has 0 bridgehead atoms. The maximum absolute atomic E-state index is 12.7. The largest absolute Gasteiger partial charge is 0.318 e. The second kappa shape index (κ2) is 9.27. The van der Waals surface area contributed by atoms with Gasteiger partial charge in [-0.1, -0.05) is 29.3 Å². The van der Waals surface area contributed by atoms with Gasteiger partial charge in [0.25, 0.3) is 11.6 Å². The molecule has 1 aromatic heterocycles. The number of nitrogens with zero attached hydrogens (tertiary/aromatic N) is 3. The lowest BCUT2D eigenvalue weighted by Crippen LogP contribution is -2.14. The Morgan fingerprint density at radius 3 is 2.38 bits per heavy atom. The Balaban J connectivity index is 1.98. The fourth-order valence-corrected chi connectivity index (χ4v) is 3.91. The van der Waals surface area contributed by atoms with Gasteiger partial charge in [0.2, 0.25) is 0 Å². The third kappa shape index (κ3) is 4.83. The molecule has 7 nitrogen and oxygen atoms in total. The molecule has 1 heterocycles. The SMILES string of the molecule is Cc1ccc(NC(=O)/C(C#N)=C/c2cc(C)n(-c3cc(Cl)cc(Cl)c3)c2C)c([N+](=O)[O-])c1. The summed E-state index contributed by atoms with van der Waals surface area (Å²) in [6.45, 7) is 5.42. The summed E-state index contributed by atoms with van der Waals surface area (Å²) >= 11 is 12.3. The highest BCUT2D eigenvalue weighted by Crippen LogP contribution is 2.28. The molecule has 0 spiro atoms. The van der Waals surface area contributed by atoms with Gasteiger partial charge in [-0.05, 0) is 68.3 Å². The number of aryl methyl sites for hydroxylation is 2. The molecule has 3 rings (SSSR count). The minimum absolute atomic E-state index is 0.0193. The summed E-state index contributed by atoms with van der Waals surface area (Å²) in [5, 5.41) is 24.3. The zero-order valence-corrected chi connectivity index (χ0v) is 19.0. The van der Waals surface area contributed by atoms with Crippen LogP contribution in [0.25, 0.3) is 11.8 Å². The summed E-state index contributed by atoms with van der Waals surface area (Å²) < 4.78 is 1.90. The number of halogens is 2. The standard InChI is InChI=1S/C23H18Cl2N4O3/c1-13-4-5-21(22(6-13)29(31)32)27-23(30)17(12-26)8-16-7-14(2)28(15(16)3)20-10-18(24)9-19(25)11-20/h4-11H,1-3H3,(H,27,30)/b17-8+. The Labute approximate surface area is 194 Å². The number of nitriles is 1. The number of carbonyl (C=O) groups is 1. The van der Waals surface area contributed by atoms with Crippen LogP contribution >= 0.6 is 23.2 Å². The van der Waals surface area contributed by atoms with Crippen molar-refractivity contribution in [3.8, 4) is 11.8 Å². The second-order valence-electron chi connectivity index (χ2n) is 7.19. The molecule has 0 saturated heterocycles. The minimum atomic E-state index is -0.741. The van der Waals surface area contributed by atoms with Gasteiger partial charge in [0, 0.05) is 33.2 Å². The second-order valence-corrected chi connectivity index (χ2v) is 8.06. The molecule has 0 aliphatic carbocycles. The first-order chi connectivity index (χ1) is 15.1. The molecule has 0 fully saturated rings. The predicted octanol–water partition coefficient (Wildman–Crippen LogP) is 6.16. The molecule has 3 aromatic rings. The molecule has 2 aromatic carbocycles. The van der Waals surface area contributed by atoms with Gasteiger partial charge in [0.1, 0.15) is 17.3 Å². The van der Waals surface area contributed by atoms with Crippen molar-refractivity contribution in [1.29, 1.82) is 5.26 Å². The number of nitrogens with one attached hydrogen (secondary N) is 1. The zero-order chi connectivity index (χ0) is 23.6. The monoisotopic (exact) mass is 468 g/mol. The normalized spacial score (nSPS) is 11.2. The van der Waals surface area contributed by atoms with Crippen LogP contribution in [0.1, 0.15) is 22.5 Å². The van der Waals surface area contributed by atoms with Crippen molar-refractivity contribution in [3.05, 3.63) is 90.7 Å². The predicted molar refractivity (Wildman–Crippen MR) is 125 cm³/mol. The van der Waals surface area contributed by atoms with Crippen molar-refractivity contribution in [2.75, 3.05) is 5.32 Å². The molecular weight excluding hydrogens is 451 g/mol. The Morgan fingerprint density at radius 1 is 1.12 bits per heavy atom. The smallest absolute Gasteiger partial charge is 0.293 e. The molecule has 0 atom stereocenters. The number of nitro benzene ring substituents is 1. The van der Waals surface area contributed by atoms with Crippen molar-refractivity contribution >= 4 is 46.6 Å². The topological polar surface area (TPSA) is 101 Å². The fraction of sp³-hybridized carbons (Fsp3) is 0.130. The minimum Gasteiger partial charge on any atom is -0.318 e. The van der Waals surface area contributed by atoms with Crippen LogP contribution in [0.3, 0.4) is 0 Å². The molecule has 0 unspecified atom stereocenters. The van der Waals surface area contributed by atoms with Crippen LogP contribution in [0, 0.1) is 42.2 Å². The average molecular weight is 469 g/mol. The van der Waals surface area contributed by atoms with Crippen LogP contribution in [-0.4, -0.2) is 15.4 Å². The highest BCUT2D eigenvalue weighted by molar-refractivity contribution is 6.34. The molecule has 1 amide bonds. The van der Waals surface area contributed by atoms with Gasteiger partial charge in [-0.3, -0.25) is 14.9 Å². The van der Waals surface area contributed by atoms with Crippen LogP contribution in [0.2, 0.25) is 10.0 Å². The molecule has 0 aliphatic rings. The summed E-state index contributed by atoms with van der Waals surface area (Å²) in [5.74, 6) is -0.741. The highest BCUT2D eigenvalue weighted by atomic mass is 35.5. The third-order valence-electron chi connectivity index (χ3n) is 4.84. The number of hydrogen-bond acceptors (Lipinski definition) is 4. The van der Waals surface area contributed by atoms with Crippen molar-refractivity contribution in [3.63, 3.8) is 0 Å². The van der Waals surface area contributed by atoms with Crippen molar-refractivity contribution < 1.29 is 9.72 Å². The zero-order valence-electron chi connectivity index (χ0n) is 17.4. The van der Waals surface area contributed by atoms with Crippen molar-refractivity contribution in [2.45, 2.75) is 20.8 Å². The first kappa shape index (κ1) is 23.1. The number of benzene rings is 2. The van der Waals surface area contributed by atoms with Crippen molar-refractivity contribution in [1.82, 2.24) is 4.57 Å². The Hall–Kier alpha value is -3.60. The molecule has 0 radical (unpaired) electrons. The van der Waals surface area contributed by atoms with E-state index in [1.165, 1.54) is 18.2 Å². The first-order valence-electron chi connectivity index (χ1n) is 9.44. The molecule has 1 N–H and O–H groups in total. The van der Waals surface area contributed by atoms with E-state index in [9.17, 15) is 20.2 Å². The summed E-state index contributed by atoms with van der Waals surface area (Å²) in [5.41, 5.74) is 3.27. The van der Waals surface area contributed by atoms with Gasteiger partial charge in [0.05, 0.1) is 4.92 Å². The van der Waals surface area contributed by atoms with E-state index in [-0.39, 0.29) is 16.9 Å². The van der Waals surface area contributed by atoms with Crippen LogP contribution < -0.4 is 5.32 Å². The van der Waals surface area contributed by atoms with E-state index < -0.39 is 10.8 Å². The van der Waals surface area contributed by atoms with Gasteiger partial charge in [-0.15, -0.1) is 0 Å². The van der Waals surface area contributed by atoms with Gasteiger partial charge in [-0.25, -0.2) is 0 Å². The fourth-order valence-electron chi connectivity index (χ4n) is 3.39. The maximum Gasteiger partial charge on any atom is 0.293 e. The van der Waals surface area contributed by atoms with Crippen LogP contribution in [0.5, 0.6) is 0 Å². The molecule has 32 heavy (non-hydrogen) atoms. The van der Waals surface area contributed by atoms with Crippen LogP contribution in [0.15, 0.2) is 48.0 Å². The Bertz CT molecular complexity index is 1300. The van der Waals surface area contributed by atoms with E-state index in [4.69, 9.17) is 23.2 Å². The third-order valence-corrected chi connectivity index (χ3v) is 5.28. The number of rotatable bonds is 5. The Kier molecular flexibility index (Phi) is 6.68. The summed E-state index contributed by atoms with van der Waals surface area (Å²) in [4.78, 5) is 23.4. The average Bonchev–Trinajstić information content (AvgIpc) is 2.99. The number of aromatic nitrogens is 1. The van der Waals surface area contributed by atoms with E-state index in [2.05, 4.69) is 5.32 Å². The first-order valence-corrected chi connectivity index (χ1v) is 10.2. The van der Waals surface area contributed by atoms with Gasteiger partial charge < -0.3 is 9.88 Å². The summed E-state index contributed by atoms with van der Waals surface area (Å²) in [6.07, 6.45) is 1.44. The van der Waals surface area contributed by atoms with Gasteiger partial charge >= 0.3 is 0 Å². The van der Waals surface area contributed by atoms with Gasteiger partial charge in [0.15, 0.2) is 0 Å². The van der Waals surface area contributed by atoms with Crippen molar-refractivity contribution in [2.24, 2.45) is 0 Å². The quantitative estimate of drug-likeness (QED) is 0.209. The maximum atomic E-state index is 12.7. The van der Waals surface area contributed by atoms with Gasteiger partial charge in [-0.2, -0.15) is 5.26 Å². The number of anilines is 1. The van der Waals surface area contributed by atoms with Crippen LogP contribution in [-0.2, 0) is 4.79 Å². The highest BCUT2D eigenvalue weighted by Gasteiger charge is 2.19. The van der Waals surface area contributed by atoms with E-state index >= 15 is 0 Å². The lowest BCUT2D eigenvalue weighted by atomic mass is 10.1. The van der Waals surface area contributed by atoms with E-state index in [0.717, 1.165) is 17.1 Å². The van der Waals surface area contributed by atoms with E-state index in [1.807, 2.05) is 30.6 Å². The number of hydrogen-bond donors (Lipinski definition) is 1. The molecule has 0 saturated carbocycles. The lowest BCUT2D eigenvalue weighted by Gasteiger charge is -2.11. The molecule has 9 heteroatoms. The lowest BCUT2D eigenvalue weighted by molar-refractivity contribution is -0.384. The van der Waals surface area contributed by atoms with Crippen LogP contribution in [0.4, 0.5) is 11.4 Å². The number of amides is 1. The molecule has 0 aliphatic heterocycles. The van der Waals surface area contributed by atoms with E-state index in [1.54, 1.807) is 31.2 Å². The molecular formula is C23H18Cl2N4O3. The van der Waals surface area contributed by atoms with E-state index in [0.29, 0.717) is 21.2 Å². The number of nitro groups is 1. The molecule has 162 valence electrons. The summed E-state index contributed by atoms with van der Waals surface area (Å²) in [6, 6.07) is 13.3.